The fraction of sp³-hybridized carbons (Fsp3) is 0.143. The van der Waals surface area contributed by atoms with E-state index in [-0.39, 0.29) is 0 Å². The van der Waals surface area contributed by atoms with Gasteiger partial charge in [0.2, 0.25) is 0 Å². The van der Waals surface area contributed by atoms with Gasteiger partial charge in [-0.3, -0.25) is 0 Å². The summed E-state index contributed by atoms with van der Waals surface area (Å²) in [5.41, 5.74) is 1.10. The first-order valence-electron chi connectivity index (χ1n) is 5.28. The van der Waals surface area contributed by atoms with Gasteiger partial charge in [-0.2, -0.15) is 0 Å². The van der Waals surface area contributed by atoms with Crippen molar-refractivity contribution in [3.05, 3.63) is 55.7 Å². The van der Waals surface area contributed by atoms with Crippen molar-refractivity contribution in [2.45, 2.75) is 4.90 Å². The molecule has 1 heterocycles. The van der Waals surface area contributed by atoms with Crippen LogP contribution in [0.1, 0.15) is 5.56 Å². The maximum Gasteiger partial charge on any atom is 0.138 e. The first-order chi connectivity index (χ1) is 8.81. The summed E-state index contributed by atoms with van der Waals surface area (Å²) in [6.45, 7) is 6.51. The number of thioether (sulfide) groups is 1. The summed E-state index contributed by atoms with van der Waals surface area (Å²) < 4.78 is 14.6. The molecule has 96 valence electrons. The topological polar surface area (TPSA) is 27.7 Å². The van der Waals surface area contributed by atoms with Crippen LogP contribution in [0.2, 0.25) is 0 Å². The van der Waals surface area contributed by atoms with Crippen molar-refractivity contribution in [3.63, 3.8) is 0 Å². The van der Waals surface area contributed by atoms with Crippen LogP contribution in [0.15, 0.2) is 55.0 Å². The number of fused-ring (bicyclic) bond motifs is 1. The number of benzene rings is 1. The molecule has 0 spiro atoms. The van der Waals surface area contributed by atoms with E-state index in [1.807, 2.05) is 12.1 Å². The van der Waals surface area contributed by atoms with Crippen LogP contribution in [-0.2, 0) is 9.47 Å². The Morgan fingerprint density at radius 1 is 1.33 bits per heavy atom. The molecule has 2 rings (SSSR count). The monoisotopic (exact) mass is 264 g/mol. The Morgan fingerprint density at radius 3 is 2.72 bits per heavy atom. The molecule has 4 heteroatoms. The van der Waals surface area contributed by atoms with Crippen LogP contribution in [0.4, 0.5) is 0 Å². The van der Waals surface area contributed by atoms with E-state index >= 15 is 0 Å². The van der Waals surface area contributed by atoms with Gasteiger partial charge in [0.05, 0.1) is 30.8 Å². The van der Waals surface area contributed by atoms with Crippen LogP contribution in [0, 0.1) is 0 Å². The number of rotatable bonds is 4. The molecule has 1 aliphatic rings. The summed E-state index contributed by atoms with van der Waals surface area (Å²) in [6, 6.07) is 6.14. The van der Waals surface area contributed by atoms with Crippen molar-refractivity contribution in [2.75, 3.05) is 13.0 Å². The Kier molecular flexibility index (Phi) is 6.58. The molecular formula is C14H16O3S. The zero-order chi connectivity index (χ0) is 13.2. The molecule has 0 saturated carbocycles. The lowest BCUT2D eigenvalue weighted by molar-refractivity contribution is 0.341. The molecular weight excluding hydrogens is 248 g/mol. The van der Waals surface area contributed by atoms with E-state index in [9.17, 15) is 0 Å². The lowest BCUT2D eigenvalue weighted by Crippen LogP contribution is -1.82. The van der Waals surface area contributed by atoms with Crippen LogP contribution in [-0.4, -0.2) is 13.0 Å². The van der Waals surface area contributed by atoms with Crippen LogP contribution >= 0.6 is 11.8 Å². The molecule has 1 aromatic carbocycles. The molecule has 0 fully saturated rings. The zero-order valence-electron chi connectivity index (χ0n) is 10.3. The lowest BCUT2D eigenvalue weighted by atomic mass is 10.2. The lowest BCUT2D eigenvalue weighted by Gasteiger charge is -1.98. The second-order valence-electron chi connectivity index (χ2n) is 3.12. The zero-order valence-corrected chi connectivity index (χ0v) is 11.1. The summed E-state index contributed by atoms with van der Waals surface area (Å²) in [5.74, 6) is 1.70. The number of hydrogen-bond acceptors (Lipinski definition) is 4. The average molecular weight is 264 g/mol. The van der Waals surface area contributed by atoms with Crippen molar-refractivity contribution in [1.82, 2.24) is 0 Å². The van der Waals surface area contributed by atoms with Crippen molar-refractivity contribution in [2.24, 2.45) is 0 Å². The highest BCUT2D eigenvalue weighted by Gasteiger charge is 2.11. The Labute approximate surface area is 112 Å². The Balaban J connectivity index is 0.000000280. The van der Waals surface area contributed by atoms with Crippen molar-refractivity contribution < 1.29 is 14.2 Å². The van der Waals surface area contributed by atoms with Gasteiger partial charge in [0.15, 0.2) is 0 Å². The van der Waals surface area contributed by atoms with Crippen molar-refractivity contribution in [1.29, 1.82) is 0 Å². The molecule has 1 aliphatic heterocycles. The third-order valence-electron chi connectivity index (χ3n) is 1.99. The summed E-state index contributed by atoms with van der Waals surface area (Å²) >= 11 is 1.72. The quantitative estimate of drug-likeness (QED) is 0.767. The fourth-order valence-corrected chi connectivity index (χ4v) is 1.97. The fourth-order valence-electron chi connectivity index (χ4n) is 1.23. The van der Waals surface area contributed by atoms with Crippen LogP contribution in [0.3, 0.4) is 0 Å². The Morgan fingerprint density at radius 2 is 2.11 bits per heavy atom. The molecule has 0 unspecified atom stereocenters. The maximum atomic E-state index is 5.41. The highest BCUT2D eigenvalue weighted by molar-refractivity contribution is 7.99. The highest BCUT2D eigenvalue weighted by atomic mass is 32.2. The molecule has 18 heavy (non-hydrogen) atoms. The second kappa shape index (κ2) is 8.31. The van der Waals surface area contributed by atoms with Gasteiger partial charge in [-0.1, -0.05) is 31.0 Å². The molecule has 0 bridgehead atoms. The summed E-state index contributed by atoms with van der Waals surface area (Å²) in [6.07, 6.45) is 6.19. The van der Waals surface area contributed by atoms with Gasteiger partial charge in [0, 0.05) is 0 Å². The van der Waals surface area contributed by atoms with Gasteiger partial charge in [0.1, 0.15) is 11.7 Å². The van der Waals surface area contributed by atoms with Crippen molar-refractivity contribution in [3.8, 4) is 5.75 Å². The van der Waals surface area contributed by atoms with E-state index < -0.39 is 0 Å². The largest absolute Gasteiger partial charge is 0.504 e. The molecule has 0 N–H and O–H groups in total. The molecule has 0 saturated heterocycles. The van der Waals surface area contributed by atoms with Crippen LogP contribution < -0.4 is 4.74 Å². The normalized spacial score (nSPS) is 11.8. The van der Waals surface area contributed by atoms with Gasteiger partial charge in [-0.15, -0.1) is 0 Å². The smallest absolute Gasteiger partial charge is 0.138 e. The number of hydrogen-bond donors (Lipinski definition) is 0. The van der Waals surface area contributed by atoms with Crippen LogP contribution in [0.5, 0.6) is 5.75 Å². The molecule has 0 atom stereocenters. The van der Waals surface area contributed by atoms with E-state index in [1.54, 1.807) is 25.1 Å². The van der Waals surface area contributed by atoms with Gasteiger partial charge in [-0.25, -0.2) is 0 Å². The van der Waals surface area contributed by atoms with E-state index in [2.05, 4.69) is 30.0 Å². The second-order valence-corrected chi connectivity index (χ2v) is 4.08. The van der Waals surface area contributed by atoms with E-state index in [0.29, 0.717) is 0 Å². The Hall–Kier alpha value is -1.81. The van der Waals surface area contributed by atoms with E-state index in [1.165, 1.54) is 17.4 Å². The third kappa shape index (κ3) is 4.59. The van der Waals surface area contributed by atoms with Gasteiger partial charge in [-0.05, 0) is 23.8 Å². The predicted octanol–water partition coefficient (Wildman–Crippen LogP) is 4.04. The van der Waals surface area contributed by atoms with Gasteiger partial charge >= 0.3 is 0 Å². The molecule has 0 aliphatic carbocycles. The minimum Gasteiger partial charge on any atom is -0.504 e. The number of methoxy groups -OCH3 is 1. The van der Waals surface area contributed by atoms with Crippen LogP contribution in [0.25, 0.3) is 6.08 Å². The van der Waals surface area contributed by atoms with Gasteiger partial charge < -0.3 is 14.2 Å². The summed E-state index contributed by atoms with van der Waals surface area (Å²) in [4.78, 5) is 1.22. The summed E-state index contributed by atoms with van der Waals surface area (Å²) in [5, 5.41) is 0. The first-order valence-corrected chi connectivity index (χ1v) is 6.26. The van der Waals surface area contributed by atoms with E-state index in [0.717, 1.165) is 17.3 Å². The standard InChI is InChI=1S/C10H10O2S.C4H6O/c1-11-5-4-8-2-3-10-9(6-8)12-7-13-10;1-3-5-4-2/h2-6H,7H2,1H3;3-4H,1-2H2. The Bertz CT molecular complexity index is 421. The SMILES string of the molecule is C=COC=C.COC=Cc1ccc2c(c1)OCS2. The minimum absolute atomic E-state index is 0.729. The average Bonchev–Trinajstić information content (AvgIpc) is 2.85. The third-order valence-corrected chi connectivity index (χ3v) is 2.87. The molecule has 3 nitrogen and oxygen atoms in total. The van der Waals surface area contributed by atoms with Gasteiger partial charge in [0.25, 0.3) is 0 Å². The molecule has 0 amide bonds. The van der Waals surface area contributed by atoms with E-state index in [4.69, 9.17) is 9.47 Å². The summed E-state index contributed by atoms with van der Waals surface area (Å²) in [7, 11) is 1.64. The molecule has 1 aromatic rings. The molecule has 0 aromatic heterocycles. The first kappa shape index (κ1) is 14.3. The minimum atomic E-state index is 0.729. The maximum absolute atomic E-state index is 5.41. The predicted molar refractivity (Wildman–Crippen MR) is 75.3 cm³/mol. The highest BCUT2D eigenvalue weighted by Crippen LogP contribution is 2.36. The molecule has 0 radical (unpaired) electrons. The number of ether oxygens (including phenoxy) is 3. The van der Waals surface area contributed by atoms with Crippen molar-refractivity contribution >= 4 is 17.8 Å².